The molecule has 2 nitrogen and oxygen atoms in total. The molecule has 0 spiro atoms. The van der Waals surface area contributed by atoms with E-state index in [4.69, 9.17) is 0 Å². The third-order valence-electron chi connectivity index (χ3n) is 2.13. The van der Waals surface area contributed by atoms with Gasteiger partial charge in [-0.15, -0.1) is 0 Å². The molecule has 0 unspecified atom stereocenters. The van der Waals surface area contributed by atoms with Gasteiger partial charge in [-0.3, -0.25) is 0 Å². The Morgan fingerprint density at radius 3 is 2.85 bits per heavy atom. The van der Waals surface area contributed by atoms with E-state index in [2.05, 4.69) is 5.32 Å². The molecule has 2 rings (SSSR count). The number of anilines is 1. The summed E-state index contributed by atoms with van der Waals surface area (Å²) in [5.41, 5.74) is 2.66. The third-order valence-corrected chi connectivity index (χ3v) is 2.13. The van der Waals surface area contributed by atoms with Crippen molar-refractivity contribution in [3.05, 3.63) is 47.7 Å². The van der Waals surface area contributed by atoms with Crippen LogP contribution in [0.3, 0.4) is 0 Å². The summed E-state index contributed by atoms with van der Waals surface area (Å²) in [5, 5.41) is 12.9. The van der Waals surface area contributed by atoms with Gasteiger partial charge >= 0.3 is 0 Å². The van der Waals surface area contributed by atoms with Crippen LogP contribution < -0.4 is 5.32 Å². The smallest absolute Gasteiger partial charge is 0.127 e. The van der Waals surface area contributed by atoms with E-state index in [9.17, 15) is 5.11 Å². The highest BCUT2D eigenvalue weighted by Gasteiger charge is 2.09. The number of benzene rings is 1. The van der Waals surface area contributed by atoms with Crippen molar-refractivity contribution >= 4 is 11.4 Å². The van der Waals surface area contributed by atoms with Crippen molar-refractivity contribution < 1.29 is 5.11 Å². The van der Waals surface area contributed by atoms with Gasteiger partial charge in [0.25, 0.3) is 0 Å². The standard InChI is InChI=1S/C11H11NO/c1-8-6-7-12-10-5-3-2-4-9(10)11(8)13/h2-7,12-13H,1H3. The number of para-hydroxylation sites is 1. The van der Waals surface area contributed by atoms with Gasteiger partial charge in [-0.2, -0.15) is 0 Å². The molecular weight excluding hydrogens is 162 g/mol. The monoisotopic (exact) mass is 173 g/mol. The van der Waals surface area contributed by atoms with Crippen molar-refractivity contribution in [2.45, 2.75) is 6.92 Å². The Kier molecular flexibility index (Phi) is 1.81. The lowest BCUT2D eigenvalue weighted by Gasteiger charge is -2.06. The van der Waals surface area contributed by atoms with Crippen LogP contribution in [0.25, 0.3) is 5.76 Å². The first-order valence-corrected chi connectivity index (χ1v) is 4.21. The van der Waals surface area contributed by atoms with E-state index in [0.717, 1.165) is 16.8 Å². The van der Waals surface area contributed by atoms with E-state index in [1.54, 1.807) is 0 Å². The summed E-state index contributed by atoms with van der Waals surface area (Å²) in [6.07, 6.45) is 3.69. The molecule has 1 heterocycles. The number of hydrogen-bond donors (Lipinski definition) is 2. The first-order chi connectivity index (χ1) is 6.29. The van der Waals surface area contributed by atoms with Crippen molar-refractivity contribution in [1.29, 1.82) is 0 Å². The first-order valence-electron chi connectivity index (χ1n) is 4.21. The minimum Gasteiger partial charge on any atom is -0.507 e. The second kappa shape index (κ2) is 2.98. The Balaban J connectivity index is 2.63. The molecule has 0 saturated heterocycles. The molecule has 13 heavy (non-hydrogen) atoms. The Labute approximate surface area is 77.2 Å². The second-order valence-corrected chi connectivity index (χ2v) is 3.05. The molecule has 0 atom stereocenters. The van der Waals surface area contributed by atoms with E-state index >= 15 is 0 Å². The fraction of sp³-hybridized carbons (Fsp3) is 0.0909. The average Bonchev–Trinajstić information content (AvgIpc) is 2.29. The number of aliphatic hydroxyl groups is 1. The zero-order valence-corrected chi connectivity index (χ0v) is 7.41. The van der Waals surface area contributed by atoms with Gasteiger partial charge in [-0.1, -0.05) is 12.1 Å². The SMILES string of the molecule is CC1=C(O)c2ccccc2NC=C1. The van der Waals surface area contributed by atoms with E-state index < -0.39 is 0 Å². The molecule has 2 N–H and O–H groups in total. The van der Waals surface area contributed by atoms with Crippen LogP contribution in [-0.4, -0.2) is 5.11 Å². The zero-order valence-electron chi connectivity index (χ0n) is 7.41. The molecule has 0 aliphatic carbocycles. The highest BCUT2D eigenvalue weighted by molar-refractivity contribution is 5.76. The lowest BCUT2D eigenvalue weighted by molar-refractivity contribution is 0.508. The van der Waals surface area contributed by atoms with Crippen LogP contribution in [-0.2, 0) is 0 Å². The van der Waals surface area contributed by atoms with Crippen molar-refractivity contribution in [2.24, 2.45) is 0 Å². The van der Waals surface area contributed by atoms with Crippen LogP contribution in [0.15, 0.2) is 42.1 Å². The first kappa shape index (κ1) is 7.92. The predicted molar refractivity (Wildman–Crippen MR) is 54.4 cm³/mol. The number of fused-ring (bicyclic) bond motifs is 1. The summed E-state index contributed by atoms with van der Waals surface area (Å²) in [7, 11) is 0. The number of aliphatic hydroxyl groups excluding tert-OH is 1. The fourth-order valence-electron chi connectivity index (χ4n) is 1.36. The molecule has 1 aromatic carbocycles. The Bertz CT molecular complexity index is 391. The quantitative estimate of drug-likeness (QED) is 0.632. The van der Waals surface area contributed by atoms with E-state index in [0.29, 0.717) is 5.76 Å². The number of hydrogen-bond acceptors (Lipinski definition) is 2. The highest BCUT2D eigenvalue weighted by atomic mass is 16.3. The Hall–Kier alpha value is -1.70. The van der Waals surface area contributed by atoms with E-state index in [-0.39, 0.29) is 0 Å². The maximum absolute atomic E-state index is 9.80. The molecule has 1 aliphatic rings. The zero-order chi connectivity index (χ0) is 9.26. The van der Waals surface area contributed by atoms with Crippen molar-refractivity contribution in [1.82, 2.24) is 0 Å². The molecule has 0 bridgehead atoms. The molecule has 0 aromatic heterocycles. The summed E-state index contributed by atoms with van der Waals surface area (Å²) >= 11 is 0. The number of nitrogens with one attached hydrogen (secondary N) is 1. The second-order valence-electron chi connectivity index (χ2n) is 3.05. The molecule has 66 valence electrons. The predicted octanol–water partition coefficient (Wildman–Crippen LogP) is 2.91. The number of allylic oxidation sites excluding steroid dienone is 2. The maximum atomic E-state index is 9.80. The molecule has 0 amide bonds. The molecule has 0 radical (unpaired) electrons. The summed E-state index contributed by atoms with van der Waals surface area (Å²) < 4.78 is 0. The summed E-state index contributed by atoms with van der Waals surface area (Å²) in [6.45, 7) is 1.88. The van der Waals surface area contributed by atoms with Gasteiger partial charge in [-0.05, 0) is 30.7 Å². The summed E-state index contributed by atoms with van der Waals surface area (Å²) in [6, 6.07) is 7.69. The minimum absolute atomic E-state index is 0.344. The van der Waals surface area contributed by atoms with Gasteiger partial charge in [0, 0.05) is 17.5 Å². The topological polar surface area (TPSA) is 32.3 Å². The van der Waals surface area contributed by atoms with E-state index in [1.807, 2.05) is 43.5 Å². The molecule has 2 heteroatoms. The Morgan fingerprint density at radius 2 is 2.00 bits per heavy atom. The van der Waals surface area contributed by atoms with Crippen LogP contribution in [0, 0.1) is 0 Å². The normalized spacial score (nSPS) is 14.8. The van der Waals surface area contributed by atoms with Crippen molar-refractivity contribution in [2.75, 3.05) is 5.32 Å². The molecule has 1 aliphatic heterocycles. The maximum Gasteiger partial charge on any atom is 0.127 e. The largest absolute Gasteiger partial charge is 0.507 e. The van der Waals surface area contributed by atoms with Crippen molar-refractivity contribution in [3.63, 3.8) is 0 Å². The lowest BCUT2D eigenvalue weighted by Crippen LogP contribution is -1.91. The van der Waals surface area contributed by atoms with Gasteiger partial charge in [-0.25, -0.2) is 0 Å². The highest BCUT2D eigenvalue weighted by Crippen LogP contribution is 2.26. The van der Waals surface area contributed by atoms with Crippen LogP contribution in [0.1, 0.15) is 12.5 Å². The fourth-order valence-corrected chi connectivity index (χ4v) is 1.36. The van der Waals surface area contributed by atoms with Gasteiger partial charge in [0.2, 0.25) is 0 Å². The van der Waals surface area contributed by atoms with Crippen LogP contribution in [0.4, 0.5) is 5.69 Å². The molecular formula is C11H11NO. The lowest BCUT2D eigenvalue weighted by atomic mass is 10.1. The summed E-state index contributed by atoms with van der Waals surface area (Å²) in [4.78, 5) is 0. The van der Waals surface area contributed by atoms with Gasteiger partial charge in [0.1, 0.15) is 5.76 Å². The van der Waals surface area contributed by atoms with E-state index in [1.165, 1.54) is 0 Å². The third kappa shape index (κ3) is 1.31. The molecule has 0 fully saturated rings. The Morgan fingerprint density at radius 1 is 1.23 bits per heavy atom. The van der Waals surface area contributed by atoms with Crippen LogP contribution in [0.5, 0.6) is 0 Å². The minimum atomic E-state index is 0.344. The van der Waals surface area contributed by atoms with Gasteiger partial charge < -0.3 is 10.4 Å². The molecule has 0 saturated carbocycles. The number of rotatable bonds is 0. The van der Waals surface area contributed by atoms with Crippen molar-refractivity contribution in [3.8, 4) is 0 Å². The van der Waals surface area contributed by atoms with Gasteiger partial charge in [0.05, 0.1) is 0 Å². The van der Waals surface area contributed by atoms with Crippen LogP contribution in [0.2, 0.25) is 0 Å². The van der Waals surface area contributed by atoms with Gasteiger partial charge in [0.15, 0.2) is 0 Å². The summed E-state index contributed by atoms with van der Waals surface area (Å²) in [5.74, 6) is 0.344. The molecule has 1 aromatic rings. The van der Waals surface area contributed by atoms with Crippen LogP contribution >= 0.6 is 0 Å². The average molecular weight is 173 g/mol.